The van der Waals surface area contributed by atoms with Gasteiger partial charge in [0.05, 0.1) is 14.2 Å². The van der Waals surface area contributed by atoms with Crippen LogP contribution in [0, 0.1) is 0 Å². The Bertz CT molecular complexity index is 739. The van der Waals surface area contributed by atoms with E-state index in [1.807, 2.05) is 18.2 Å². The number of hydrogen-bond donors (Lipinski definition) is 1. The van der Waals surface area contributed by atoms with E-state index in [9.17, 15) is 4.79 Å². The minimum Gasteiger partial charge on any atom is -0.496 e. The van der Waals surface area contributed by atoms with Gasteiger partial charge in [0.15, 0.2) is 18.1 Å². The molecule has 0 unspecified atom stereocenters. The second-order valence-electron chi connectivity index (χ2n) is 5.30. The van der Waals surface area contributed by atoms with Gasteiger partial charge in [0.1, 0.15) is 17.2 Å². The van der Waals surface area contributed by atoms with E-state index in [2.05, 4.69) is 5.32 Å². The maximum absolute atomic E-state index is 12.0. The molecule has 0 saturated heterocycles. The lowest BCUT2D eigenvalue weighted by atomic mass is 10.2. The van der Waals surface area contributed by atoms with Gasteiger partial charge in [-0.2, -0.15) is 0 Å². The molecule has 25 heavy (non-hydrogen) atoms. The molecule has 1 heterocycles. The van der Waals surface area contributed by atoms with E-state index < -0.39 is 0 Å². The number of fused-ring (bicyclic) bond motifs is 1. The van der Waals surface area contributed by atoms with E-state index in [1.165, 1.54) is 0 Å². The Kier molecular flexibility index (Phi) is 5.13. The Balaban J connectivity index is 1.51. The number of benzene rings is 2. The Labute approximate surface area is 145 Å². The average molecular weight is 345 g/mol. The van der Waals surface area contributed by atoms with E-state index in [1.54, 1.807) is 32.4 Å². The van der Waals surface area contributed by atoms with Gasteiger partial charge in [0, 0.05) is 24.7 Å². The SMILES string of the molecule is COc1cc(OC)cc(OCC(=O)NCc2ccc3c(c2)OCO3)c1. The molecule has 1 aliphatic rings. The fourth-order valence-electron chi connectivity index (χ4n) is 2.32. The van der Waals surface area contributed by atoms with E-state index in [0.29, 0.717) is 35.3 Å². The van der Waals surface area contributed by atoms with Crippen LogP contribution >= 0.6 is 0 Å². The van der Waals surface area contributed by atoms with Crippen LogP contribution in [0.1, 0.15) is 5.56 Å². The quantitative estimate of drug-likeness (QED) is 0.829. The van der Waals surface area contributed by atoms with Crippen LogP contribution in [0.5, 0.6) is 28.7 Å². The molecule has 1 amide bonds. The standard InChI is InChI=1S/C18H19NO6/c1-21-13-6-14(22-2)8-15(7-13)23-10-18(20)19-9-12-3-4-16-17(5-12)25-11-24-16/h3-8H,9-11H2,1-2H3,(H,19,20). The second-order valence-corrected chi connectivity index (χ2v) is 5.30. The van der Waals surface area contributed by atoms with Crippen molar-refractivity contribution in [3.05, 3.63) is 42.0 Å². The van der Waals surface area contributed by atoms with Crippen molar-refractivity contribution in [2.75, 3.05) is 27.6 Å². The largest absolute Gasteiger partial charge is 0.496 e. The lowest BCUT2D eigenvalue weighted by Gasteiger charge is -2.10. The lowest BCUT2D eigenvalue weighted by molar-refractivity contribution is -0.123. The molecule has 0 spiro atoms. The smallest absolute Gasteiger partial charge is 0.258 e. The van der Waals surface area contributed by atoms with Crippen molar-refractivity contribution in [2.45, 2.75) is 6.54 Å². The number of hydrogen-bond acceptors (Lipinski definition) is 6. The van der Waals surface area contributed by atoms with Crippen molar-refractivity contribution >= 4 is 5.91 Å². The fourth-order valence-corrected chi connectivity index (χ4v) is 2.32. The first-order chi connectivity index (χ1) is 12.2. The molecule has 0 bridgehead atoms. The maximum Gasteiger partial charge on any atom is 0.258 e. The lowest BCUT2D eigenvalue weighted by Crippen LogP contribution is -2.28. The minimum absolute atomic E-state index is 0.110. The highest BCUT2D eigenvalue weighted by molar-refractivity contribution is 5.77. The van der Waals surface area contributed by atoms with Gasteiger partial charge in [-0.15, -0.1) is 0 Å². The third-order valence-corrected chi connectivity index (χ3v) is 3.62. The molecule has 132 valence electrons. The van der Waals surface area contributed by atoms with Crippen molar-refractivity contribution in [2.24, 2.45) is 0 Å². The van der Waals surface area contributed by atoms with Crippen molar-refractivity contribution < 1.29 is 28.5 Å². The molecule has 1 N–H and O–H groups in total. The number of carbonyl (C=O) groups is 1. The summed E-state index contributed by atoms with van der Waals surface area (Å²) in [6.07, 6.45) is 0. The highest BCUT2D eigenvalue weighted by Crippen LogP contribution is 2.32. The molecule has 1 aliphatic heterocycles. The van der Waals surface area contributed by atoms with Crippen LogP contribution in [0.15, 0.2) is 36.4 Å². The predicted molar refractivity (Wildman–Crippen MR) is 89.5 cm³/mol. The van der Waals surface area contributed by atoms with Gasteiger partial charge in [-0.3, -0.25) is 4.79 Å². The summed E-state index contributed by atoms with van der Waals surface area (Å²) in [6.45, 7) is 0.490. The molecule has 2 aromatic carbocycles. The van der Waals surface area contributed by atoms with Gasteiger partial charge in [-0.1, -0.05) is 6.07 Å². The molecule has 0 atom stereocenters. The molecule has 3 rings (SSSR count). The zero-order valence-corrected chi connectivity index (χ0v) is 14.0. The number of rotatable bonds is 7. The number of methoxy groups -OCH3 is 2. The summed E-state index contributed by atoms with van der Waals surface area (Å²) in [4.78, 5) is 12.0. The van der Waals surface area contributed by atoms with E-state index in [4.69, 9.17) is 23.7 Å². The van der Waals surface area contributed by atoms with Crippen molar-refractivity contribution in [3.8, 4) is 28.7 Å². The first-order valence-electron chi connectivity index (χ1n) is 7.69. The molecule has 0 aliphatic carbocycles. The first kappa shape index (κ1) is 16.8. The van der Waals surface area contributed by atoms with Crippen LogP contribution in [-0.4, -0.2) is 33.5 Å². The highest BCUT2D eigenvalue weighted by Gasteiger charge is 2.13. The number of ether oxygens (including phenoxy) is 5. The van der Waals surface area contributed by atoms with Gasteiger partial charge in [-0.05, 0) is 17.7 Å². The van der Waals surface area contributed by atoms with E-state index in [-0.39, 0.29) is 19.3 Å². The first-order valence-corrected chi connectivity index (χ1v) is 7.69. The number of nitrogens with one attached hydrogen (secondary N) is 1. The second kappa shape index (κ2) is 7.65. The normalized spacial score (nSPS) is 11.8. The van der Waals surface area contributed by atoms with Gasteiger partial charge in [0.2, 0.25) is 6.79 Å². The van der Waals surface area contributed by atoms with Gasteiger partial charge < -0.3 is 29.0 Å². The molecular formula is C18H19NO6. The Morgan fingerprint density at radius 2 is 1.68 bits per heavy atom. The number of carbonyl (C=O) groups excluding carboxylic acids is 1. The van der Waals surface area contributed by atoms with E-state index >= 15 is 0 Å². The zero-order chi connectivity index (χ0) is 17.6. The third kappa shape index (κ3) is 4.26. The van der Waals surface area contributed by atoms with Crippen molar-refractivity contribution in [3.63, 3.8) is 0 Å². The Hall–Kier alpha value is -3.09. The molecular weight excluding hydrogens is 326 g/mol. The van der Waals surface area contributed by atoms with Crippen LogP contribution in [0.2, 0.25) is 0 Å². The Morgan fingerprint density at radius 1 is 1.00 bits per heavy atom. The van der Waals surface area contributed by atoms with Crippen LogP contribution < -0.4 is 29.0 Å². The maximum atomic E-state index is 12.0. The minimum atomic E-state index is -0.237. The summed E-state index contributed by atoms with van der Waals surface area (Å²) in [7, 11) is 3.10. The summed E-state index contributed by atoms with van der Waals surface area (Å²) < 4.78 is 26.4. The molecule has 0 aromatic heterocycles. The van der Waals surface area contributed by atoms with Crippen LogP contribution in [0.4, 0.5) is 0 Å². The molecule has 2 aromatic rings. The zero-order valence-electron chi connectivity index (χ0n) is 14.0. The topological polar surface area (TPSA) is 75.3 Å². The summed E-state index contributed by atoms with van der Waals surface area (Å²) in [5, 5.41) is 2.79. The van der Waals surface area contributed by atoms with Crippen LogP contribution in [-0.2, 0) is 11.3 Å². The van der Waals surface area contributed by atoms with E-state index in [0.717, 1.165) is 5.56 Å². The fraction of sp³-hybridized carbons (Fsp3) is 0.278. The summed E-state index contributed by atoms with van der Waals surface area (Å²) in [6, 6.07) is 10.6. The molecule has 7 heteroatoms. The monoisotopic (exact) mass is 345 g/mol. The highest BCUT2D eigenvalue weighted by atomic mass is 16.7. The van der Waals surface area contributed by atoms with Gasteiger partial charge in [0.25, 0.3) is 5.91 Å². The molecule has 0 saturated carbocycles. The van der Waals surface area contributed by atoms with Crippen LogP contribution in [0.25, 0.3) is 0 Å². The molecule has 0 fully saturated rings. The van der Waals surface area contributed by atoms with Crippen molar-refractivity contribution in [1.29, 1.82) is 0 Å². The third-order valence-electron chi connectivity index (χ3n) is 3.62. The molecule has 0 radical (unpaired) electrons. The summed E-state index contributed by atoms with van der Waals surface area (Å²) in [5.74, 6) is 2.84. The summed E-state index contributed by atoms with van der Waals surface area (Å²) in [5.41, 5.74) is 0.917. The Morgan fingerprint density at radius 3 is 2.40 bits per heavy atom. The molecule has 7 nitrogen and oxygen atoms in total. The van der Waals surface area contributed by atoms with Gasteiger partial charge in [-0.25, -0.2) is 0 Å². The average Bonchev–Trinajstić information content (AvgIpc) is 3.12. The van der Waals surface area contributed by atoms with Crippen LogP contribution in [0.3, 0.4) is 0 Å². The van der Waals surface area contributed by atoms with Gasteiger partial charge >= 0.3 is 0 Å². The van der Waals surface area contributed by atoms with Crippen molar-refractivity contribution in [1.82, 2.24) is 5.32 Å². The predicted octanol–water partition coefficient (Wildman–Crippen LogP) is 2.13. The number of amides is 1. The summed E-state index contributed by atoms with van der Waals surface area (Å²) >= 11 is 0.